The van der Waals surface area contributed by atoms with Crippen molar-refractivity contribution in [1.29, 1.82) is 0 Å². The van der Waals surface area contributed by atoms with E-state index in [9.17, 15) is 4.79 Å². The van der Waals surface area contributed by atoms with Crippen LogP contribution >= 0.6 is 11.8 Å². The van der Waals surface area contributed by atoms with Crippen molar-refractivity contribution in [3.05, 3.63) is 53.6 Å². The Morgan fingerprint density at radius 2 is 1.90 bits per heavy atom. The Hall–Kier alpha value is -1.94. The Morgan fingerprint density at radius 1 is 1.15 bits per heavy atom. The quantitative estimate of drug-likeness (QED) is 0.667. The lowest BCUT2D eigenvalue weighted by atomic mass is 10.1. The third kappa shape index (κ3) is 3.54. The summed E-state index contributed by atoms with van der Waals surface area (Å²) in [5, 5.41) is 2.90. The fourth-order valence-electron chi connectivity index (χ4n) is 1.84. The van der Waals surface area contributed by atoms with Crippen LogP contribution in [0.5, 0.6) is 0 Å². The third-order valence-electron chi connectivity index (χ3n) is 3.10. The number of rotatable bonds is 4. The highest BCUT2D eigenvalue weighted by atomic mass is 32.2. The van der Waals surface area contributed by atoms with Crippen LogP contribution in [0.3, 0.4) is 0 Å². The summed E-state index contributed by atoms with van der Waals surface area (Å²) in [4.78, 5) is 13.1. The summed E-state index contributed by atoms with van der Waals surface area (Å²) in [6.07, 6.45) is 0. The summed E-state index contributed by atoms with van der Waals surface area (Å²) in [5.74, 6) is 0.367. The Bertz CT molecular complexity index is 626. The van der Waals surface area contributed by atoms with Crippen LogP contribution in [0.2, 0.25) is 0 Å². The van der Waals surface area contributed by atoms with E-state index in [4.69, 9.17) is 5.73 Å². The highest BCUT2D eigenvalue weighted by Gasteiger charge is 2.07. The molecule has 0 radical (unpaired) electrons. The topological polar surface area (TPSA) is 55.1 Å². The Kier molecular flexibility index (Phi) is 4.69. The molecular formula is C16H18N2OS. The number of nitrogens with one attached hydrogen (secondary N) is 1. The van der Waals surface area contributed by atoms with Crippen LogP contribution in [-0.2, 0) is 4.79 Å². The minimum atomic E-state index is -0.0213. The van der Waals surface area contributed by atoms with Gasteiger partial charge in [-0.2, -0.15) is 0 Å². The highest BCUT2D eigenvalue weighted by molar-refractivity contribution is 8.00. The number of nitrogens with two attached hydrogens (primary N) is 1. The van der Waals surface area contributed by atoms with Gasteiger partial charge >= 0.3 is 0 Å². The predicted octanol–water partition coefficient (Wildman–Crippen LogP) is 3.62. The zero-order valence-corrected chi connectivity index (χ0v) is 12.5. The molecule has 0 atom stereocenters. The lowest BCUT2D eigenvalue weighted by Gasteiger charge is -2.10. The molecule has 0 spiro atoms. The highest BCUT2D eigenvalue weighted by Crippen LogP contribution is 2.23. The van der Waals surface area contributed by atoms with Gasteiger partial charge in [-0.1, -0.05) is 24.3 Å². The molecule has 104 valence electrons. The molecule has 2 aromatic carbocycles. The van der Waals surface area contributed by atoms with Gasteiger partial charge in [-0.3, -0.25) is 4.79 Å². The van der Waals surface area contributed by atoms with Crippen molar-refractivity contribution in [3.8, 4) is 0 Å². The van der Waals surface area contributed by atoms with Gasteiger partial charge in [0.2, 0.25) is 5.91 Å². The molecule has 0 aliphatic rings. The normalized spacial score (nSPS) is 10.3. The fraction of sp³-hybridized carbons (Fsp3) is 0.188. The van der Waals surface area contributed by atoms with E-state index >= 15 is 0 Å². The molecule has 2 aromatic rings. The van der Waals surface area contributed by atoms with Crippen molar-refractivity contribution in [2.45, 2.75) is 18.7 Å². The van der Waals surface area contributed by atoms with Gasteiger partial charge in [-0.05, 0) is 43.2 Å². The molecule has 0 saturated heterocycles. The van der Waals surface area contributed by atoms with Crippen LogP contribution < -0.4 is 11.1 Å². The van der Waals surface area contributed by atoms with Crippen molar-refractivity contribution in [2.75, 3.05) is 16.8 Å². The predicted molar refractivity (Wildman–Crippen MR) is 86.1 cm³/mol. The van der Waals surface area contributed by atoms with E-state index in [0.717, 1.165) is 16.1 Å². The number of nitrogen functional groups attached to an aromatic ring is 1. The van der Waals surface area contributed by atoms with Gasteiger partial charge in [0.1, 0.15) is 0 Å². The molecule has 4 heteroatoms. The van der Waals surface area contributed by atoms with Gasteiger partial charge in [-0.25, -0.2) is 0 Å². The van der Waals surface area contributed by atoms with Gasteiger partial charge in [0.25, 0.3) is 0 Å². The van der Waals surface area contributed by atoms with E-state index in [2.05, 4.69) is 5.32 Å². The molecule has 0 aromatic heterocycles. The molecule has 3 nitrogen and oxygen atoms in total. The van der Waals surface area contributed by atoms with Crippen LogP contribution in [0.25, 0.3) is 0 Å². The first-order valence-corrected chi connectivity index (χ1v) is 7.40. The minimum absolute atomic E-state index is 0.0213. The molecule has 2 rings (SSSR count). The molecule has 0 heterocycles. The maximum Gasteiger partial charge on any atom is 0.234 e. The lowest BCUT2D eigenvalue weighted by molar-refractivity contribution is -0.113. The van der Waals surface area contributed by atoms with E-state index in [-0.39, 0.29) is 5.91 Å². The smallest absolute Gasteiger partial charge is 0.234 e. The largest absolute Gasteiger partial charge is 0.398 e. The summed E-state index contributed by atoms with van der Waals surface area (Å²) in [6, 6.07) is 13.6. The lowest BCUT2D eigenvalue weighted by Crippen LogP contribution is -2.15. The molecule has 0 aliphatic carbocycles. The van der Waals surface area contributed by atoms with Crippen molar-refractivity contribution in [3.63, 3.8) is 0 Å². The number of hydrogen-bond donors (Lipinski definition) is 2. The van der Waals surface area contributed by atoms with Crippen LogP contribution in [-0.4, -0.2) is 11.7 Å². The maximum absolute atomic E-state index is 12.0. The van der Waals surface area contributed by atoms with Gasteiger partial charge < -0.3 is 11.1 Å². The maximum atomic E-state index is 12.0. The van der Waals surface area contributed by atoms with Crippen LogP contribution in [0.4, 0.5) is 11.4 Å². The molecule has 20 heavy (non-hydrogen) atoms. The van der Waals surface area contributed by atoms with Crippen LogP contribution in [0, 0.1) is 13.8 Å². The SMILES string of the molecule is Cc1ccccc1SCC(=O)Nc1cccc(N)c1C. The summed E-state index contributed by atoms with van der Waals surface area (Å²) >= 11 is 1.54. The molecule has 0 bridgehead atoms. The van der Waals surface area contributed by atoms with Gasteiger partial charge in [0.05, 0.1) is 5.75 Å². The molecule has 0 aliphatic heterocycles. The first-order chi connectivity index (χ1) is 9.58. The first kappa shape index (κ1) is 14.5. The number of carbonyl (C=O) groups is 1. The number of carbonyl (C=O) groups excluding carboxylic acids is 1. The summed E-state index contributed by atoms with van der Waals surface area (Å²) in [7, 11) is 0. The minimum Gasteiger partial charge on any atom is -0.398 e. The second kappa shape index (κ2) is 6.48. The molecule has 0 fully saturated rings. The number of anilines is 2. The molecular weight excluding hydrogens is 268 g/mol. The first-order valence-electron chi connectivity index (χ1n) is 6.41. The van der Waals surface area contributed by atoms with Gasteiger partial charge in [0.15, 0.2) is 0 Å². The zero-order valence-electron chi connectivity index (χ0n) is 11.6. The Morgan fingerprint density at radius 3 is 2.65 bits per heavy atom. The standard InChI is InChI=1S/C16H18N2OS/c1-11-6-3-4-9-15(11)20-10-16(19)18-14-8-5-7-13(17)12(14)2/h3-9H,10,17H2,1-2H3,(H,18,19). The van der Waals surface area contributed by atoms with E-state index in [1.54, 1.807) is 11.8 Å². The van der Waals surface area contributed by atoms with Gasteiger partial charge in [0, 0.05) is 16.3 Å². The van der Waals surface area contributed by atoms with Crippen molar-refractivity contribution >= 4 is 29.0 Å². The number of amides is 1. The number of benzene rings is 2. The van der Waals surface area contributed by atoms with Crippen LogP contribution in [0.1, 0.15) is 11.1 Å². The van der Waals surface area contributed by atoms with Crippen LogP contribution in [0.15, 0.2) is 47.4 Å². The monoisotopic (exact) mass is 286 g/mol. The summed E-state index contributed by atoms with van der Waals surface area (Å²) in [5.41, 5.74) is 9.38. The van der Waals surface area contributed by atoms with E-state index in [0.29, 0.717) is 11.4 Å². The fourth-order valence-corrected chi connectivity index (χ4v) is 2.67. The zero-order chi connectivity index (χ0) is 14.5. The van der Waals surface area contributed by atoms with E-state index in [1.165, 1.54) is 5.56 Å². The third-order valence-corrected chi connectivity index (χ3v) is 4.28. The summed E-state index contributed by atoms with van der Waals surface area (Å²) in [6.45, 7) is 3.95. The van der Waals surface area contributed by atoms with Crippen molar-refractivity contribution < 1.29 is 4.79 Å². The average molecular weight is 286 g/mol. The van der Waals surface area contributed by atoms with E-state index < -0.39 is 0 Å². The number of aryl methyl sites for hydroxylation is 1. The van der Waals surface area contributed by atoms with Gasteiger partial charge in [-0.15, -0.1) is 11.8 Å². The Balaban J connectivity index is 1.96. The Labute approximate surface area is 123 Å². The second-order valence-electron chi connectivity index (χ2n) is 4.62. The second-order valence-corrected chi connectivity index (χ2v) is 5.64. The summed E-state index contributed by atoms with van der Waals surface area (Å²) < 4.78 is 0. The molecule has 0 unspecified atom stereocenters. The van der Waals surface area contributed by atoms with Crippen molar-refractivity contribution in [2.24, 2.45) is 0 Å². The number of thioether (sulfide) groups is 1. The van der Waals surface area contributed by atoms with E-state index in [1.807, 2.05) is 56.3 Å². The molecule has 3 N–H and O–H groups in total. The molecule has 0 saturated carbocycles. The average Bonchev–Trinajstić information content (AvgIpc) is 2.43. The molecule has 1 amide bonds. The van der Waals surface area contributed by atoms with Crippen molar-refractivity contribution in [1.82, 2.24) is 0 Å². The number of hydrogen-bond acceptors (Lipinski definition) is 3.